The molecule has 0 saturated heterocycles. The summed E-state index contributed by atoms with van der Waals surface area (Å²) in [7, 11) is 1.62. The predicted molar refractivity (Wildman–Crippen MR) is 53.8 cm³/mol. The topological polar surface area (TPSA) is 46.9 Å². The van der Waals surface area contributed by atoms with Gasteiger partial charge in [-0.1, -0.05) is 18.2 Å². The van der Waals surface area contributed by atoms with E-state index in [1.54, 1.807) is 11.7 Å². The molecule has 72 valence electrons. The van der Waals surface area contributed by atoms with E-state index in [9.17, 15) is 4.79 Å². The Morgan fingerprint density at radius 3 is 3.00 bits per heavy atom. The third-order valence-electron chi connectivity index (χ3n) is 2.05. The fraction of sp³-hybridized carbons (Fsp3) is 0.200. The second kappa shape index (κ2) is 3.49. The first-order valence-electron chi connectivity index (χ1n) is 4.42. The van der Waals surface area contributed by atoms with E-state index in [1.807, 2.05) is 30.5 Å². The maximum absolute atomic E-state index is 11.1. The van der Waals surface area contributed by atoms with Crippen LogP contribution < -0.4 is 5.32 Å². The number of benzene rings is 1. The van der Waals surface area contributed by atoms with E-state index >= 15 is 0 Å². The SMILES string of the molecule is CNC(=O)Cn1cc2ccccc2n1. The zero-order valence-electron chi connectivity index (χ0n) is 7.90. The van der Waals surface area contributed by atoms with Crippen molar-refractivity contribution in [1.82, 2.24) is 15.1 Å². The van der Waals surface area contributed by atoms with Crippen molar-refractivity contribution in [3.63, 3.8) is 0 Å². The summed E-state index contributed by atoms with van der Waals surface area (Å²) in [5, 5.41) is 7.87. The molecule has 0 saturated carbocycles. The third-order valence-corrected chi connectivity index (χ3v) is 2.05. The monoisotopic (exact) mass is 189 g/mol. The van der Waals surface area contributed by atoms with E-state index in [1.165, 1.54) is 0 Å². The summed E-state index contributed by atoms with van der Waals surface area (Å²) in [5.74, 6) is -0.0437. The predicted octanol–water partition coefficient (Wildman–Crippen LogP) is 0.782. The number of carbonyl (C=O) groups is 1. The van der Waals surface area contributed by atoms with Gasteiger partial charge in [-0.2, -0.15) is 5.10 Å². The average Bonchev–Trinajstić information content (AvgIpc) is 2.59. The van der Waals surface area contributed by atoms with Gasteiger partial charge in [0.25, 0.3) is 0 Å². The van der Waals surface area contributed by atoms with Gasteiger partial charge < -0.3 is 5.32 Å². The number of nitrogens with zero attached hydrogens (tertiary/aromatic N) is 2. The third kappa shape index (κ3) is 1.59. The Kier molecular flexibility index (Phi) is 2.18. The fourth-order valence-corrected chi connectivity index (χ4v) is 1.32. The molecule has 0 atom stereocenters. The van der Waals surface area contributed by atoms with Crippen LogP contribution in [0.5, 0.6) is 0 Å². The minimum atomic E-state index is -0.0437. The van der Waals surface area contributed by atoms with E-state index in [0.717, 1.165) is 10.9 Å². The van der Waals surface area contributed by atoms with Crippen LogP contribution in [0.2, 0.25) is 0 Å². The van der Waals surface area contributed by atoms with Crippen LogP contribution in [0.25, 0.3) is 10.9 Å². The fourth-order valence-electron chi connectivity index (χ4n) is 1.32. The number of fused-ring (bicyclic) bond motifs is 1. The molecule has 2 aromatic rings. The molecule has 0 aliphatic carbocycles. The van der Waals surface area contributed by atoms with Crippen LogP contribution in [0.3, 0.4) is 0 Å². The van der Waals surface area contributed by atoms with Crippen molar-refractivity contribution in [2.75, 3.05) is 7.05 Å². The molecule has 0 bridgehead atoms. The van der Waals surface area contributed by atoms with Crippen LogP contribution in [-0.4, -0.2) is 22.7 Å². The van der Waals surface area contributed by atoms with E-state index in [-0.39, 0.29) is 12.5 Å². The van der Waals surface area contributed by atoms with Crippen LogP contribution in [0.1, 0.15) is 0 Å². The van der Waals surface area contributed by atoms with E-state index in [4.69, 9.17) is 0 Å². The van der Waals surface area contributed by atoms with Crippen LogP contribution in [0.4, 0.5) is 0 Å². The largest absolute Gasteiger partial charge is 0.358 e. The van der Waals surface area contributed by atoms with Gasteiger partial charge in [-0.05, 0) is 6.07 Å². The molecule has 0 aliphatic heterocycles. The van der Waals surface area contributed by atoms with Gasteiger partial charge in [-0.3, -0.25) is 9.48 Å². The highest BCUT2D eigenvalue weighted by Gasteiger charge is 2.02. The summed E-state index contributed by atoms with van der Waals surface area (Å²) in [5.41, 5.74) is 0.913. The highest BCUT2D eigenvalue weighted by molar-refractivity contribution is 5.79. The molecule has 1 amide bonds. The van der Waals surface area contributed by atoms with E-state index in [2.05, 4.69) is 10.4 Å². The molecule has 1 N–H and O–H groups in total. The van der Waals surface area contributed by atoms with Gasteiger partial charge in [-0.15, -0.1) is 0 Å². The quantitative estimate of drug-likeness (QED) is 0.759. The molecule has 14 heavy (non-hydrogen) atoms. The van der Waals surface area contributed by atoms with Gasteiger partial charge in [0.1, 0.15) is 6.54 Å². The standard InChI is InChI=1S/C10H11N3O/c1-11-10(14)7-13-6-8-4-2-3-5-9(8)12-13/h2-6H,7H2,1H3,(H,11,14). The van der Waals surface area contributed by atoms with E-state index < -0.39 is 0 Å². The molecule has 2 rings (SSSR count). The molecule has 4 heteroatoms. The Morgan fingerprint density at radius 1 is 1.50 bits per heavy atom. The minimum absolute atomic E-state index is 0.0437. The van der Waals surface area contributed by atoms with Gasteiger partial charge in [0, 0.05) is 18.6 Å². The lowest BCUT2D eigenvalue weighted by Gasteiger charge is -1.97. The zero-order chi connectivity index (χ0) is 9.97. The van der Waals surface area contributed by atoms with Crippen molar-refractivity contribution in [3.8, 4) is 0 Å². The minimum Gasteiger partial charge on any atom is -0.358 e. The Hall–Kier alpha value is -1.84. The number of carbonyl (C=O) groups excluding carboxylic acids is 1. The Bertz CT molecular complexity index is 428. The van der Waals surface area contributed by atoms with Gasteiger partial charge >= 0.3 is 0 Å². The van der Waals surface area contributed by atoms with Crippen molar-refractivity contribution in [3.05, 3.63) is 30.5 Å². The number of rotatable bonds is 2. The molecular weight excluding hydrogens is 178 g/mol. The molecule has 0 fully saturated rings. The first kappa shape index (κ1) is 8.74. The number of hydrogen-bond acceptors (Lipinski definition) is 2. The molecular formula is C10H11N3O. The molecule has 1 heterocycles. The molecule has 0 spiro atoms. The van der Waals surface area contributed by atoms with Crippen molar-refractivity contribution in [2.24, 2.45) is 0 Å². The second-order valence-electron chi connectivity index (χ2n) is 3.06. The Labute approximate surface area is 81.5 Å². The van der Waals surface area contributed by atoms with Gasteiger partial charge in [0.2, 0.25) is 5.91 Å². The number of aromatic nitrogens is 2. The summed E-state index contributed by atoms with van der Waals surface area (Å²) >= 11 is 0. The smallest absolute Gasteiger partial charge is 0.241 e. The average molecular weight is 189 g/mol. The normalized spacial score (nSPS) is 10.4. The van der Waals surface area contributed by atoms with Crippen LogP contribution >= 0.6 is 0 Å². The second-order valence-corrected chi connectivity index (χ2v) is 3.06. The molecule has 1 aromatic carbocycles. The van der Waals surface area contributed by atoms with Gasteiger partial charge in [0.15, 0.2) is 0 Å². The lowest BCUT2D eigenvalue weighted by atomic mass is 10.3. The number of likely N-dealkylation sites (N-methyl/N-ethyl adjacent to an activating group) is 1. The summed E-state index contributed by atoms with van der Waals surface area (Å²) in [6.07, 6.45) is 1.87. The summed E-state index contributed by atoms with van der Waals surface area (Å²) in [6.45, 7) is 0.269. The highest BCUT2D eigenvalue weighted by atomic mass is 16.1. The van der Waals surface area contributed by atoms with Gasteiger partial charge in [-0.25, -0.2) is 0 Å². The van der Waals surface area contributed by atoms with Gasteiger partial charge in [0.05, 0.1) is 5.52 Å². The van der Waals surface area contributed by atoms with Crippen molar-refractivity contribution in [1.29, 1.82) is 0 Å². The first-order chi connectivity index (χ1) is 6.79. The molecule has 1 aromatic heterocycles. The molecule has 0 unspecified atom stereocenters. The maximum atomic E-state index is 11.1. The van der Waals surface area contributed by atoms with Crippen molar-refractivity contribution < 1.29 is 4.79 Å². The number of nitrogens with one attached hydrogen (secondary N) is 1. The summed E-state index contributed by atoms with van der Waals surface area (Å²) in [4.78, 5) is 11.1. The van der Waals surface area contributed by atoms with Crippen LogP contribution in [0, 0.1) is 0 Å². The highest BCUT2D eigenvalue weighted by Crippen LogP contribution is 2.10. The first-order valence-corrected chi connectivity index (χ1v) is 4.42. The molecule has 0 aliphatic rings. The lowest BCUT2D eigenvalue weighted by molar-refractivity contribution is -0.121. The number of amides is 1. The zero-order valence-corrected chi connectivity index (χ0v) is 7.90. The Morgan fingerprint density at radius 2 is 2.29 bits per heavy atom. The van der Waals surface area contributed by atoms with Crippen molar-refractivity contribution >= 4 is 16.8 Å². The molecule has 0 radical (unpaired) electrons. The van der Waals surface area contributed by atoms with E-state index in [0.29, 0.717) is 0 Å². The molecule has 4 nitrogen and oxygen atoms in total. The van der Waals surface area contributed by atoms with Crippen molar-refractivity contribution in [2.45, 2.75) is 6.54 Å². The van der Waals surface area contributed by atoms with Crippen LogP contribution in [0.15, 0.2) is 30.5 Å². The number of hydrogen-bond donors (Lipinski definition) is 1. The maximum Gasteiger partial charge on any atom is 0.241 e. The summed E-state index contributed by atoms with van der Waals surface area (Å²) in [6, 6.07) is 7.78. The Balaban J connectivity index is 2.31. The summed E-state index contributed by atoms with van der Waals surface area (Å²) < 4.78 is 1.64. The van der Waals surface area contributed by atoms with Crippen LogP contribution in [-0.2, 0) is 11.3 Å². The lowest BCUT2D eigenvalue weighted by Crippen LogP contribution is -2.23.